The maximum Gasteiger partial charge on any atom is 0.151 e. The molecule has 1 N–H and O–H groups in total. The second-order valence-corrected chi connectivity index (χ2v) is 5.06. The minimum absolute atomic E-state index is 0.127. The molecule has 0 spiro atoms. The van der Waals surface area contributed by atoms with Crippen LogP contribution in [0, 0.1) is 13.8 Å². The van der Waals surface area contributed by atoms with Crippen molar-refractivity contribution in [2.45, 2.75) is 33.8 Å². The summed E-state index contributed by atoms with van der Waals surface area (Å²) in [6.07, 6.45) is 0.127. The number of nitrogens with zero attached hydrogens (tertiary/aromatic N) is 2. The monoisotopic (exact) mass is 271 g/mol. The molecule has 2 aromatic rings. The minimum atomic E-state index is 0.127. The summed E-state index contributed by atoms with van der Waals surface area (Å²) in [5.74, 6) is 1.66. The average molecular weight is 271 g/mol. The van der Waals surface area contributed by atoms with Crippen molar-refractivity contribution in [3.8, 4) is 17.0 Å². The van der Waals surface area contributed by atoms with Crippen LogP contribution in [0.1, 0.15) is 25.0 Å². The van der Waals surface area contributed by atoms with Crippen molar-refractivity contribution < 1.29 is 4.74 Å². The highest BCUT2D eigenvalue weighted by atomic mass is 16.5. The van der Waals surface area contributed by atoms with E-state index < -0.39 is 0 Å². The van der Waals surface area contributed by atoms with Gasteiger partial charge < -0.3 is 10.1 Å². The van der Waals surface area contributed by atoms with E-state index in [1.165, 1.54) is 0 Å². The van der Waals surface area contributed by atoms with Crippen molar-refractivity contribution in [1.82, 2.24) is 10.2 Å². The van der Waals surface area contributed by atoms with E-state index in [1.807, 2.05) is 52.1 Å². The summed E-state index contributed by atoms with van der Waals surface area (Å²) in [5.41, 5.74) is 4.08. The Morgan fingerprint density at radius 3 is 2.40 bits per heavy atom. The van der Waals surface area contributed by atoms with Gasteiger partial charge in [0.2, 0.25) is 0 Å². The van der Waals surface area contributed by atoms with Crippen LogP contribution < -0.4 is 10.1 Å². The minimum Gasteiger partial charge on any atom is -0.490 e. The third kappa shape index (κ3) is 2.74. The first-order valence-corrected chi connectivity index (χ1v) is 6.82. The Labute approximate surface area is 120 Å². The Morgan fingerprint density at radius 1 is 1.05 bits per heavy atom. The summed E-state index contributed by atoms with van der Waals surface area (Å²) < 4.78 is 5.87. The van der Waals surface area contributed by atoms with E-state index >= 15 is 0 Å². The summed E-state index contributed by atoms with van der Waals surface area (Å²) in [4.78, 5) is 0. The average Bonchev–Trinajstić information content (AvgIpc) is 2.42. The number of para-hydroxylation sites is 1. The molecule has 0 bridgehead atoms. The fraction of sp³-hybridized carbons (Fsp3) is 0.375. The van der Waals surface area contributed by atoms with Crippen LogP contribution in [0.15, 0.2) is 24.3 Å². The lowest BCUT2D eigenvalue weighted by molar-refractivity contribution is 0.243. The molecule has 0 fully saturated rings. The molecule has 0 saturated carbocycles. The Hall–Kier alpha value is -2.10. The molecule has 0 aliphatic rings. The Balaban J connectivity index is 2.55. The number of benzene rings is 1. The lowest BCUT2D eigenvalue weighted by Gasteiger charge is -2.16. The molecule has 0 unspecified atom stereocenters. The van der Waals surface area contributed by atoms with Crippen LogP contribution in [-0.2, 0) is 0 Å². The zero-order chi connectivity index (χ0) is 14.7. The van der Waals surface area contributed by atoms with Gasteiger partial charge in [0.15, 0.2) is 5.82 Å². The van der Waals surface area contributed by atoms with Gasteiger partial charge in [-0.25, -0.2) is 0 Å². The molecule has 20 heavy (non-hydrogen) atoms. The summed E-state index contributed by atoms with van der Waals surface area (Å²) in [7, 11) is 1.85. The van der Waals surface area contributed by atoms with Crippen molar-refractivity contribution in [3.05, 3.63) is 35.4 Å². The molecular formula is C16H21N3O. The lowest BCUT2D eigenvalue weighted by Crippen LogP contribution is -2.08. The molecule has 106 valence electrons. The lowest BCUT2D eigenvalue weighted by atomic mass is 10.0. The molecule has 0 aliphatic carbocycles. The maximum absolute atomic E-state index is 5.87. The molecule has 1 heterocycles. The van der Waals surface area contributed by atoms with E-state index in [1.54, 1.807) is 0 Å². The number of ether oxygens (including phenoxy) is 1. The molecule has 0 saturated heterocycles. The molecular weight excluding hydrogens is 250 g/mol. The second-order valence-electron chi connectivity index (χ2n) is 5.06. The first-order valence-electron chi connectivity index (χ1n) is 6.82. The third-order valence-corrected chi connectivity index (χ3v) is 3.26. The molecule has 4 heteroatoms. The number of hydrogen-bond donors (Lipinski definition) is 1. The van der Waals surface area contributed by atoms with Crippen LogP contribution in [-0.4, -0.2) is 23.3 Å². The fourth-order valence-corrected chi connectivity index (χ4v) is 2.12. The van der Waals surface area contributed by atoms with Gasteiger partial charge in [-0.05, 0) is 51.0 Å². The summed E-state index contributed by atoms with van der Waals surface area (Å²) in [6, 6.07) is 7.95. The first-order chi connectivity index (χ1) is 9.54. The van der Waals surface area contributed by atoms with E-state index in [4.69, 9.17) is 4.74 Å². The second kappa shape index (κ2) is 5.90. The number of hydrogen-bond acceptors (Lipinski definition) is 4. The predicted octanol–water partition coefficient (Wildman–Crippen LogP) is 3.59. The van der Waals surface area contributed by atoms with Crippen LogP contribution in [0.2, 0.25) is 0 Å². The molecule has 4 nitrogen and oxygen atoms in total. The zero-order valence-electron chi connectivity index (χ0n) is 12.7. The van der Waals surface area contributed by atoms with Crippen molar-refractivity contribution >= 4 is 5.82 Å². The van der Waals surface area contributed by atoms with Gasteiger partial charge in [0.1, 0.15) is 5.75 Å². The van der Waals surface area contributed by atoms with Crippen LogP contribution >= 0.6 is 0 Å². The Kier molecular flexibility index (Phi) is 4.23. The van der Waals surface area contributed by atoms with Gasteiger partial charge in [-0.1, -0.05) is 12.1 Å². The van der Waals surface area contributed by atoms with Gasteiger partial charge in [0.25, 0.3) is 0 Å². The van der Waals surface area contributed by atoms with Gasteiger partial charge in [-0.2, -0.15) is 0 Å². The Bertz CT molecular complexity index is 609. The van der Waals surface area contributed by atoms with Crippen molar-refractivity contribution in [2.75, 3.05) is 12.4 Å². The number of rotatable bonds is 4. The molecule has 0 aliphatic heterocycles. The third-order valence-electron chi connectivity index (χ3n) is 3.26. The highest BCUT2D eigenvalue weighted by Gasteiger charge is 2.14. The van der Waals surface area contributed by atoms with E-state index in [9.17, 15) is 0 Å². The zero-order valence-corrected chi connectivity index (χ0v) is 12.7. The van der Waals surface area contributed by atoms with Gasteiger partial charge in [0, 0.05) is 12.6 Å². The van der Waals surface area contributed by atoms with Crippen molar-refractivity contribution in [1.29, 1.82) is 0 Å². The smallest absolute Gasteiger partial charge is 0.151 e. The maximum atomic E-state index is 5.87. The van der Waals surface area contributed by atoms with Gasteiger partial charge in [-0.15, -0.1) is 10.2 Å². The highest BCUT2D eigenvalue weighted by molar-refractivity contribution is 5.71. The summed E-state index contributed by atoms with van der Waals surface area (Å²) in [5, 5.41) is 11.6. The van der Waals surface area contributed by atoms with E-state index in [0.29, 0.717) is 0 Å². The standard InChI is InChI=1S/C16H21N3O/c1-10(2)20-14-9-7-6-8-13(14)15-11(3)12(4)16(17-5)19-18-15/h6-10H,1-5H3,(H,17,19). The van der Waals surface area contributed by atoms with Crippen LogP contribution in [0.3, 0.4) is 0 Å². The number of nitrogens with one attached hydrogen (secondary N) is 1. The van der Waals surface area contributed by atoms with E-state index in [-0.39, 0.29) is 6.10 Å². The molecule has 0 atom stereocenters. The predicted molar refractivity (Wildman–Crippen MR) is 82.3 cm³/mol. The summed E-state index contributed by atoms with van der Waals surface area (Å²) in [6.45, 7) is 8.15. The molecule has 0 amide bonds. The van der Waals surface area contributed by atoms with Gasteiger partial charge >= 0.3 is 0 Å². The number of aromatic nitrogens is 2. The summed E-state index contributed by atoms with van der Waals surface area (Å²) >= 11 is 0. The van der Waals surface area contributed by atoms with Gasteiger partial charge in [0.05, 0.1) is 11.8 Å². The largest absolute Gasteiger partial charge is 0.490 e. The molecule has 1 aromatic carbocycles. The van der Waals surface area contributed by atoms with Crippen molar-refractivity contribution in [2.24, 2.45) is 0 Å². The molecule has 0 radical (unpaired) electrons. The first kappa shape index (κ1) is 14.3. The topological polar surface area (TPSA) is 47.0 Å². The van der Waals surface area contributed by atoms with E-state index in [0.717, 1.165) is 34.0 Å². The normalized spacial score (nSPS) is 10.7. The molecule has 2 rings (SSSR count). The van der Waals surface area contributed by atoms with Crippen molar-refractivity contribution in [3.63, 3.8) is 0 Å². The highest BCUT2D eigenvalue weighted by Crippen LogP contribution is 2.33. The van der Waals surface area contributed by atoms with E-state index in [2.05, 4.69) is 22.4 Å². The SMILES string of the molecule is CNc1nnc(-c2ccccc2OC(C)C)c(C)c1C. The van der Waals surface area contributed by atoms with Crippen LogP contribution in [0.4, 0.5) is 5.82 Å². The number of anilines is 1. The molecule has 1 aromatic heterocycles. The van der Waals surface area contributed by atoms with Crippen LogP contribution in [0.5, 0.6) is 5.75 Å². The fourth-order valence-electron chi connectivity index (χ4n) is 2.12. The quantitative estimate of drug-likeness (QED) is 0.923. The van der Waals surface area contributed by atoms with Crippen LogP contribution in [0.25, 0.3) is 11.3 Å². The Morgan fingerprint density at radius 2 is 1.75 bits per heavy atom. The van der Waals surface area contributed by atoms with Gasteiger partial charge in [-0.3, -0.25) is 0 Å².